The Morgan fingerprint density at radius 1 is 1.03 bits per heavy atom. The summed E-state index contributed by atoms with van der Waals surface area (Å²) < 4.78 is 11.0. The van der Waals surface area contributed by atoms with E-state index in [2.05, 4.69) is 10.6 Å². The molecule has 2 N–H and O–H groups in total. The topological polar surface area (TPSA) is 97.0 Å². The number of nitrogens with zero attached hydrogens (tertiary/aromatic N) is 1. The number of ether oxygens (including phenoxy) is 2. The standard InChI is InChI=1S/C23H27N3O5/c1-3-26(23(29)14-19(24-16(2)27)17-7-5-4-6-8-17)15-22(28)25-18-9-10-20-21(13-18)31-12-11-30-20/h4-10,13,19H,3,11-12,14-15H2,1-2H3,(H,24,27)(H,25,28)/t19-/m1/s1. The van der Waals surface area contributed by atoms with Crippen molar-refractivity contribution in [3.8, 4) is 11.5 Å². The van der Waals surface area contributed by atoms with Crippen LogP contribution in [0.2, 0.25) is 0 Å². The van der Waals surface area contributed by atoms with Crippen molar-refractivity contribution in [3.63, 3.8) is 0 Å². The summed E-state index contributed by atoms with van der Waals surface area (Å²) in [5, 5.41) is 5.61. The molecule has 0 saturated heterocycles. The van der Waals surface area contributed by atoms with E-state index in [1.807, 2.05) is 37.3 Å². The lowest BCUT2D eigenvalue weighted by Crippen LogP contribution is -2.40. The van der Waals surface area contributed by atoms with Gasteiger partial charge in [0.2, 0.25) is 17.7 Å². The lowest BCUT2D eigenvalue weighted by Gasteiger charge is -2.24. The van der Waals surface area contributed by atoms with Crippen LogP contribution in [0.25, 0.3) is 0 Å². The average molecular weight is 425 g/mol. The number of carbonyl (C=O) groups is 3. The molecule has 2 aromatic rings. The molecule has 8 heteroatoms. The summed E-state index contributed by atoms with van der Waals surface area (Å²) in [6, 6.07) is 14.0. The highest BCUT2D eigenvalue weighted by Gasteiger charge is 2.22. The van der Waals surface area contributed by atoms with Gasteiger partial charge in [0, 0.05) is 25.2 Å². The summed E-state index contributed by atoms with van der Waals surface area (Å²) in [6.45, 7) is 4.46. The van der Waals surface area contributed by atoms with E-state index in [1.54, 1.807) is 18.2 Å². The van der Waals surface area contributed by atoms with Gasteiger partial charge in [0.05, 0.1) is 19.0 Å². The minimum Gasteiger partial charge on any atom is -0.486 e. The van der Waals surface area contributed by atoms with E-state index in [4.69, 9.17) is 9.47 Å². The Balaban J connectivity index is 1.61. The third-order valence-electron chi connectivity index (χ3n) is 4.85. The fraction of sp³-hybridized carbons (Fsp3) is 0.348. The Kier molecular flexibility index (Phi) is 7.48. The minimum atomic E-state index is -0.457. The van der Waals surface area contributed by atoms with Crippen LogP contribution in [0.5, 0.6) is 11.5 Å². The first-order chi connectivity index (χ1) is 15.0. The van der Waals surface area contributed by atoms with Gasteiger partial charge < -0.3 is 25.0 Å². The lowest BCUT2D eigenvalue weighted by atomic mass is 10.0. The molecule has 0 aliphatic carbocycles. The normalized spacial score (nSPS) is 13.1. The largest absolute Gasteiger partial charge is 0.486 e. The number of anilines is 1. The van der Waals surface area contributed by atoms with Gasteiger partial charge >= 0.3 is 0 Å². The van der Waals surface area contributed by atoms with Gasteiger partial charge in [0.1, 0.15) is 13.2 Å². The fourth-order valence-corrected chi connectivity index (χ4v) is 3.36. The van der Waals surface area contributed by atoms with Gasteiger partial charge in [0.25, 0.3) is 0 Å². The van der Waals surface area contributed by atoms with E-state index in [0.29, 0.717) is 36.9 Å². The third-order valence-corrected chi connectivity index (χ3v) is 4.85. The van der Waals surface area contributed by atoms with Gasteiger partial charge in [-0.3, -0.25) is 14.4 Å². The summed E-state index contributed by atoms with van der Waals surface area (Å²) in [6.07, 6.45) is 0.0642. The summed E-state index contributed by atoms with van der Waals surface area (Å²) in [7, 11) is 0. The van der Waals surface area contributed by atoms with Gasteiger partial charge in [-0.1, -0.05) is 30.3 Å². The summed E-state index contributed by atoms with van der Waals surface area (Å²) >= 11 is 0. The Morgan fingerprint density at radius 2 is 1.74 bits per heavy atom. The van der Waals surface area contributed by atoms with Gasteiger partial charge in [-0.05, 0) is 24.6 Å². The Morgan fingerprint density at radius 3 is 2.42 bits per heavy atom. The monoisotopic (exact) mass is 425 g/mol. The van der Waals surface area contributed by atoms with Crippen LogP contribution >= 0.6 is 0 Å². The Hall–Kier alpha value is -3.55. The molecule has 1 heterocycles. The molecule has 0 radical (unpaired) electrons. The van der Waals surface area contributed by atoms with E-state index < -0.39 is 6.04 Å². The fourth-order valence-electron chi connectivity index (χ4n) is 3.36. The maximum Gasteiger partial charge on any atom is 0.243 e. The predicted octanol–water partition coefficient (Wildman–Crippen LogP) is 2.51. The van der Waals surface area contributed by atoms with Crippen LogP contribution in [0.15, 0.2) is 48.5 Å². The van der Waals surface area contributed by atoms with Gasteiger partial charge in [-0.2, -0.15) is 0 Å². The molecule has 0 aromatic heterocycles. The molecule has 164 valence electrons. The number of likely N-dealkylation sites (N-methyl/N-ethyl adjacent to an activating group) is 1. The van der Waals surface area contributed by atoms with Crippen molar-refractivity contribution in [1.82, 2.24) is 10.2 Å². The molecule has 3 amide bonds. The molecule has 0 fully saturated rings. The van der Waals surface area contributed by atoms with Crippen molar-refractivity contribution in [2.75, 3.05) is 31.6 Å². The van der Waals surface area contributed by atoms with Crippen LogP contribution < -0.4 is 20.1 Å². The number of nitrogens with one attached hydrogen (secondary N) is 2. The first-order valence-corrected chi connectivity index (χ1v) is 10.3. The molecule has 0 bridgehead atoms. The Labute approximate surface area is 181 Å². The molecule has 31 heavy (non-hydrogen) atoms. The molecular formula is C23H27N3O5. The lowest BCUT2D eigenvalue weighted by molar-refractivity contribution is -0.135. The molecule has 1 aliphatic rings. The first kappa shape index (κ1) is 22.1. The highest BCUT2D eigenvalue weighted by Crippen LogP contribution is 2.32. The highest BCUT2D eigenvalue weighted by atomic mass is 16.6. The summed E-state index contributed by atoms with van der Waals surface area (Å²) in [5.74, 6) is 0.458. The van der Waals surface area contributed by atoms with Gasteiger partial charge in [-0.15, -0.1) is 0 Å². The molecule has 0 saturated carbocycles. The highest BCUT2D eigenvalue weighted by molar-refractivity contribution is 5.95. The number of hydrogen-bond acceptors (Lipinski definition) is 5. The smallest absolute Gasteiger partial charge is 0.243 e. The van der Waals surface area contributed by atoms with E-state index in [-0.39, 0.29) is 30.7 Å². The number of benzene rings is 2. The third kappa shape index (κ3) is 6.21. The number of amides is 3. The number of fused-ring (bicyclic) bond motifs is 1. The minimum absolute atomic E-state index is 0.0642. The number of carbonyl (C=O) groups excluding carboxylic acids is 3. The van der Waals surface area contributed by atoms with Crippen LogP contribution in [0.4, 0.5) is 5.69 Å². The second kappa shape index (κ2) is 10.5. The molecular weight excluding hydrogens is 398 g/mol. The van der Waals surface area contributed by atoms with E-state index >= 15 is 0 Å². The van der Waals surface area contributed by atoms with Crippen molar-refractivity contribution in [3.05, 3.63) is 54.1 Å². The predicted molar refractivity (Wildman–Crippen MR) is 116 cm³/mol. The SMILES string of the molecule is CCN(CC(=O)Nc1ccc2c(c1)OCCO2)C(=O)C[C@@H](NC(C)=O)c1ccccc1. The summed E-state index contributed by atoms with van der Waals surface area (Å²) in [5.41, 5.74) is 1.40. The van der Waals surface area contributed by atoms with Crippen molar-refractivity contribution in [2.45, 2.75) is 26.3 Å². The molecule has 1 aliphatic heterocycles. The molecule has 0 spiro atoms. The molecule has 2 aromatic carbocycles. The molecule has 0 unspecified atom stereocenters. The average Bonchev–Trinajstić information content (AvgIpc) is 2.77. The van der Waals surface area contributed by atoms with Crippen LogP contribution in [-0.2, 0) is 14.4 Å². The van der Waals surface area contributed by atoms with Gasteiger partial charge in [-0.25, -0.2) is 0 Å². The van der Waals surface area contributed by atoms with Crippen molar-refractivity contribution < 1.29 is 23.9 Å². The number of rotatable bonds is 8. The maximum atomic E-state index is 12.9. The van der Waals surface area contributed by atoms with Crippen LogP contribution in [-0.4, -0.2) is 48.9 Å². The number of hydrogen-bond donors (Lipinski definition) is 2. The first-order valence-electron chi connectivity index (χ1n) is 10.3. The molecule has 1 atom stereocenters. The van der Waals surface area contributed by atoms with E-state index in [1.165, 1.54) is 11.8 Å². The zero-order valence-corrected chi connectivity index (χ0v) is 17.7. The quantitative estimate of drug-likeness (QED) is 0.677. The van der Waals surface area contributed by atoms with E-state index in [9.17, 15) is 14.4 Å². The zero-order valence-electron chi connectivity index (χ0n) is 17.7. The summed E-state index contributed by atoms with van der Waals surface area (Å²) in [4.78, 5) is 38.5. The Bertz CT molecular complexity index is 932. The van der Waals surface area contributed by atoms with Gasteiger partial charge in [0.15, 0.2) is 11.5 Å². The van der Waals surface area contributed by atoms with Crippen LogP contribution in [0.3, 0.4) is 0 Å². The molecule has 8 nitrogen and oxygen atoms in total. The molecule has 3 rings (SSSR count). The second-order valence-corrected chi connectivity index (χ2v) is 7.18. The zero-order chi connectivity index (χ0) is 22.2. The second-order valence-electron chi connectivity index (χ2n) is 7.18. The van der Waals surface area contributed by atoms with Crippen molar-refractivity contribution in [2.24, 2.45) is 0 Å². The maximum absolute atomic E-state index is 12.9. The van der Waals surface area contributed by atoms with Crippen LogP contribution in [0, 0.1) is 0 Å². The van der Waals surface area contributed by atoms with Crippen molar-refractivity contribution in [1.29, 1.82) is 0 Å². The van der Waals surface area contributed by atoms with E-state index in [0.717, 1.165) is 5.56 Å². The van der Waals surface area contributed by atoms with Crippen LogP contribution in [0.1, 0.15) is 31.9 Å². The van der Waals surface area contributed by atoms with Crippen molar-refractivity contribution >= 4 is 23.4 Å².